The molecule has 8 heteroatoms. The molecule has 0 radical (unpaired) electrons. The third-order valence-corrected chi connectivity index (χ3v) is 1.38. The molecule has 0 aliphatic carbocycles. The number of aliphatic hydroxyl groups is 1. The Labute approximate surface area is 77.6 Å². The van der Waals surface area contributed by atoms with Crippen LogP contribution in [0.1, 0.15) is 0 Å². The first-order valence-electron chi connectivity index (χ1n) is 3.71. The van der Waals surface area contributed by atoms with Crippen LogP contribution in [0, 0.1) is 10.1 Å². The molecule has 1 atom stereocenters. The normalized spacial score (nSPS) is 12.4. The standard InChI is InChI=1S/C6H8FN3O4/c7-4(2-11)3-14-6-5(10(12)13)1-8-9-6/h1,4,11H,2-3H2,(H,8,9). The molecule has 0 aliphatic heterocycles. The molecule has 1 unspecified atom stereocenters. The first kappa shape index (κ1) is 10.4. The van der Waals surface area contributed by atoms with Gasteiger partial charge in [0.05, 0.1) is 11.5 Å². The van der Waals surface area contributed by atoms with Crippen molar-refractivity contribution >= 4 is 5.69 Å². The van der Waals surface area contributed by atoms with E-state index in [2.05, 4.69) is 14.9 Å². The molecule has 1 heterocycles. The summed E-state index contributed by atoms with van der Waals surface area (Å²) in [5.74, 6) is -0.286. The Morgan fingerprint density at radius 2 is 2.57 bits per heavy atom. The first-order valence-corrected chi connectivity index (χ1v) is 3.71. The van der Waals surface area contributed by atoms with E-state index in [9.17, 15) is 14.5 Å². The summed E-state index contributed by atoms with van der Waals surface area (Å²) >= 11 is 0. The van der Waals surface area contributed by atoms with Gasteiger partial charge in [-0.1, -0.05) is 0 Å². The van der Waals surface area contributed by atoms with Crippen molar-refractivity contribution in [3.63, 3.8) is 0 Å². The van der Waals surface area contributed by atoms with E-state index in [1.807, 2.05) is 0 Å². The number of alkyl halides is 1. The molecule has 78 valence electrons. The summed E-state index contributed by atoms with van der Waals surface area (Å²) in [7, 11) is 0. The van der Waals surface area contributed by atoms with Gasteiger partial charge in [-0.15, -0.1) is 5.10 Å². The minimum absolute atomic E-state index is 0.286. The molecular formula is C6H8FN3O4. The summed E-state index contributed by atoms with van der Waals surface area (Å²) in [5, 5.41) is 24.3. The summed E-state index contributed by atoms with van der Waals surface area (Å²) in [6.07, 6.45) is -0.548. The molecule has 1 rings (SSSR count). The van der Waals surface area contributed by atoms with E-state index in [-0.39, 0.29) is 11.6 Å². The van der Waals surface area contributed by atoms with Crippen LogP contribution in [-0.4, -0.2) is 39.6 Å². The maximum Gasteiger partial charge on any atom is 0.349 e. The Bertz CT molecular complexity index is 316. The van der Waals surface area contributed by atoms with Gasteiger partial charge < -0.3 is 9.84 Å². The Morgan fingerprint density at radius 3 is 3.14 bits per heavy atom. The molecule has 0 aromatic carbocycles. The second-order valence-electron chi connectivity index (χ2n) is 2.42. The van der Waals surface area contributed by atoms with Gasteiger partial charge in [-0.3, -0.25) is 15.2 Å². The predicted molar refractivity (Wildman–Crippen MR) is 42.7 cm³/mol. The Hall–Kier alpha value is -1.70. The van der Waals surface area contributed by atoms with Crippen molar-refractivity contribution < 1.29 is 19.2 Å². The average Bonchev–Trinajstić information content (AvgIpc) is 2.62. The number of halogens is 1. The maximum absolute atomic E-state index is 12.5. The van der Waals surface area contributed by atoms with Crippen molar-refractivity contribution in [1.82, 2.24) is 10.2 Å². The molecule has 0 amide bonds. The number of nitrogens with zero attached hydrogens (tertiary/aromatic N) is 2. The number of aliphatic hydroxyl groups excluding tert-OH is 1. The van der Waals surface area contributed by atoms with Gasteiger partial charge in [0.15, 0.2) is 6.17 Å². The van der Waals surface area contributed by atoms with E-state index >= 15 is 0 Å². The van der Waals surface area contributed by atoms with Crippen molar-refractivity contribution in [2.24, 2.45) is 0 Å². The smallest absolute Gasteiger partial charge is 0.349 e. The number of ether oxygens (including phenoxy) is 1. The maximum atomic E-state index is 12.5. The lowest BCUT2D eigenvalue weighted by Gasteiger charge is -2.04. The average molecular weight is 205 g/mol. The highest BCUT2D eigenvalue weighted by atomic mass is 19.1. The second-order valence-corrected chi connectivity index (χ2v) is 2.42. The third-order valence-electron chi connectivity index (χ3n) is 1.38. The van der Waals surface area contributed by atoms with Crippen LogP contribution in [0.25, 0.3) is 0 Å². The Kier molecular flexibility index (Phi) is 3.35. The summed E-state index contributed by atoms with van der Waals surface area (Å²) in [5.41, 5.74) is -0.366. The molecule has 1 aromatic heterocycles. The molecule has 14 heavy (non-hydrogen) atoms. The van der Waals surface area contributed by atoms with Gasteiger partial charge in [0.1, 0.15) is 12.8 Å². The number of aromatic nitrogens is 2. The molecule has 2 N–H and O–H groups in total. The molecule has 7 nitrogen and oxygen atoms in total. The lowest BCUT2D eigenvalue weighted by atomic mass is 10.4. The number of H-pyrrole nitrogens is 1. The monoisotopic (exact) mass is 205 g/mol. The van der Waals surface area contributed by atoms with Gasteiger partial charge in [-0.25, -0.2) is 4.39 Å². The molecule has 0 aliphatic rings. The quantitative estimate of drug-likeness (QED) is 0.521. The van der Waals surface area contributed by atoms with Gasteiger partial charge >= 0.3 is 11.6 Å². The summed E-state index contributed by atoms with van der Waals surface area (Å²) < 4.78 is 17.1. The van der Waals surface area contributed by atoms with Gasteiger partial charge in [0, 0.05) is 0 Å². The highest BCUT2D eigenvalue weighted by Gasteiger charge is 2.19. The van der Waals surface area contributed by atoms with E-state index in [1.165, 1.54) is 0 Å². The summed E-state index contributed by atoms with van der Waals surface area (Å²) in [6, 6.07) is 0. The predicted octanol–water partition coefficient (Wildman–Crippen LogP) is 0.0271. The van der Waals surface area contributed by atoms with Crippen LogP contribution in [0.5, 0.6) is 5.88 Å². The van der Waals surface area contributed by atoms with Crippen LogP contribution in [-0.2, 0) is 0 Å². The number of hydrogen-bond donors (Lipinski definition) is 2. The number of hydrogen-bond acceptors (Lipinski definition) is 5. The molecule has 0 bridgehead atoms. The number of aromatic amines is 1. The van der Waals surface area contributed by atoms with Gasteiger partial charge in [0.25, 0.3) is 0 Å². The van der Waals surface area contributed by atoms with E-state index in [0.29, 0.717) is 0 Å². The van der Waals surface area contributed by atoms with E-state index in [1.54, 1.807) is 0 Å². The van der Waals surface area contributed by atoms with Gasteiger partial charge in [-0.05, 0) is 0 Å². The van der Waals surface area contributed by atoms with E-state index < -0.39 is 24.3 Å². The Balaban J connectivity index is 2.58. The number of nitrogens with one attached hydrogen (secondary N) is 1. The van der Waals surface area contributed by atoms with Crippen molar-refractivity contribution in [3.8, 4) is 5.88 Å². The fraction of sp³-hybridized carbons (Fsp3) is 0.500. The second kappa shape index (κ2) is 4.51. The van der Waals surface area contributed by atoms with Crippen LogP contribution in [0.4, 0.5) is 10.1 Å². The summed E-state index contributed by atoms with van der Waals surface area (Å²) in [6.45, 7) is -1.17. The highest BCUT2D eigenvalue weighted by molar-refractivity contribution is 5.37. The number of rotatable bonds is 5. The molecular weight excluding hydrogens is 197 g/mol. The van der Waals surface area contributed by atoms with Crippen molar-refractivity contribution in [3.05, 3.63) is 16.3 Å². The molecule has 0 fully saturated rings. The van der Waals surface area contributed by atoms with E-state index in [0.717, 1.165) is 6.20 Å². The zero-order valence-corrected chi connectivity index (χ0v) is 7.01. The van der Waals surface area contributed by atoms with Crippen molar-refractivity contribution in [1.29, 1.82) is 0 Å². The van der Waals surface area contributed by atoms with Gasteiger partial charge in [0.2, 0.25) is 0 Å². The summed E-state index contributed by atoms with van der Waals surface area (Å²) in [4.78, 5) is 9.62. The minimum Gasteiger partial charge on any atom is -0.469 e. The zero-order valence-electron chi connectivity index (χ0n) is 7.01. The lowest BCUT2D eigenvalue weighted by Crippen LogP contribution is -2.17. The Morgan fingerprint density at radius 1 is 1.86 bits per heavy atom. The fourth-order valence-electron chi connectivity index (χ4n) is 0.730. The fourth-order valence-corrected chi connectivity index (χ4v) is 0.730. The SMILES string of the molecule is O=[N+]([O-])c1c[nH]nc1OCC(F)CO. The molecule has 0 saturated carbocycles. The van der Waals surface area contributed by atoms with Crippen LogP contribution in [0.3, 0.4) is 0 Å². The van der Waals surface area contributed by atoms with E-state index in [4.69, 9.17) is 5.11 Å². The topological polar surface area (TPSA) is 101 Å². The zero-order chi connectivity index (χ0) is 10.6. The van der Waals surface area contributed by atoms with Crippen molar-refractivity contribution in [2.45, 2.75) is 6.17 Å². The largest absolute Gasteiger partial charge is 0.469 e. The molecule has 0 spiro atoms. The lowest BCUT2D eigenvalue weighted by molar-refractivity contribution is -0.385. The molecule has 1 aromatic rings. The van der Waals surface area contributed by atoms with Crippen LogP contribution < -0.4 is 4.74 Å². The van der Waals surface area contributed by atoms with Crippen molar-refractivity contribution in [2.75, 3.05) is 13.2 Å². The van der Waals surface area contributed by atoms with Gasteiger partial charge in [-0.2, -0.15) is 0 Å². The van der Waals surface area contributed by atoms with Crippen LogP contribution in [0.2, 0.25) is 0 Å². The van der Waals surface area contributed by atoms with Crippen LogP contribution in [0.15, 0.2) is 6.20 Å². The first-order chi connectivity index (χ1) is 6.65. The van der Waals surface area contributed by atoms with Crippen LogP contribution >= 0.6 is 0 Å². The molecule has 0 saturated heterocycles. The highest BCUT2D eigenvalue weighted by Crippen LogP contribution is 2.22. The third kappa shape index (κ3) is 2.39. The number of nitro groups is 1. The minimum atomic E-state index is -1.58.